The van der Waals surface area contributed by atoms with E-state index in [1.165, 1.54) is 24.3 Å². The number of hydrogen-bond donors (Lipinski definition) is 0. The number of halogens is 2. The first-order valence-electron chi connectivity index (χ1n) is 12.7. The molecule has 0 atom stereocenters. The van der Waals surface area contributed by atoms with Gasteiger partial charge in [-0.15, -0.1) is 0 Å². The van der Waals surface area contributed by atoms with Gasteiger partial charge in [-0.1, -0.05) is 72.8 Å². The Kier molecular flexibility index (Phi) is 5.52. The van der Waals surface area contributed by atoms with Crippen molar-refractivity contribution in [2.45, 2.75) is 0 Å². The standard InChI is InChI=1S/C35H21F2NO/c36-31-15-13-23(14-16-31)22-1-3-24(4-2-22)27-9-11-30-20-28(10-12-29(30)19-27)25-5-7-26(8-6-25)35-38-33-18-17-32(37)21-34(33)39-35/h1-21H. The van der Waals surface area contributed by atoms with Gasteiger partial charge in [0.15, 0.2) is 5.58 Å². The molecule has 0 aliphatic carbocycles. The summed E-state index contributed by atoms with van der Waals surface area (Å²) in [7, 11) is 0. The van der Waals surface area contributed by atoms with Gasteiger partial charge in [-0.2, -0.15) is 0 Å². The Labute approximate surface area is 223 Å². The highest BCUT2D eigenvalue weighted by Gasteiger charge is 2.10. The third-order valence-corrected chi connectivity index (χ3v) is 7.05. The van der Waals surface area contributed by atoms with Crippen molar-refractivity contribution in [2.75, 3.05) is 0 Å². The monoisotopic (exact) mass is 509 g/mol. The number of aromatic nitrogens is 1. The van der Waals surface area contributed by atoms with Crippen LogP contribution in [-0.2, 0) is 0 Å². The zero-order valence-corrected chi connectivity index (χ0v) is 20.7. The van der Waals surface area contributed by atoms with Crippen LogP contribution >= 0.6 is 0 Å². The van der Waals surface area contributed by atoms with Crippen molar-refractivity contribution in [3.05, 3.63) is 139 Å². The molecule has 0 N–H and O–H groups in total. The second-order valence-electron chi connectivity index (χ2n) is 9.57. The minimum Gasteiger partial charge on any atom is -0.436 e. The van der Waals surface area contributed by atoms with Gasteiger partial charge in [-0.3, -0.25) is 0 Å². The summed E-state index contributed by atoms with van der Waals surface area (Å²) >= 11 is 0. The van der Waals surface area contributed by atoms with E-state index in [0.29, 0.717) is 17.0 Å². The van der Waals surface area contributed by atoms with Gasteiger partial charge >= 0.3 is 0 Å². The molecule has 0 bridgehead atoms. The van der Waals surface area contributed by atoms with Gasteiger partial charge in [0.05, 0.1) is 0 Å². The second kappa shape index (κ2) is 9.34. The summed E-state index contributed by atoms with van der Waals surface area (Å²) in [5, 5.41) is 2.32. The number of nitrogens with zero attached hydrogens (tertiary/aromatic N) is 1. The van der Waals surface area contributed by atoms with Crippen molar-refractivity contribution in [3.63, 3.8) is 0 Å². The molecule has 0 amide bonds. The molecule has 0 fully saturated rings. The van der Waals surface area contributed by atoms with E-state index in [-0.39, 0.29) is 11.6 Å². The quantitative estimate of drug-likeness (QED) is 0.236. The molecule has 0 unspecified atom stereocenters. The fraction of sp³-hybridized carbons (Fsp3) is 0. The molecule has 0 saturated heterocycles. The van der Waals surface area contributed by atoms with Crippen LogP contribution in [0.4, 0.5) is 8.78 Å². The molecular formula is C35H21F2NO. The Morgan fingerprint density at radius 1 is 0.410 bits per heavy atom. The van der Waals surface area contributed by atoms with Crippen molar-refractivity contribution < 1.29 is 13.2 Å². The average molecular weight is 510 g/mol. The molecule has 0 spiro atoms. The minimum atomic E-state index is -0.344. The number of fused-ring (bicyclic) bond motifs is 2. The predicted octanol–water partition coefficient (Wildman–Crippen LogP) is 9.93. The molecule has 0 aliphatic heterocycles. The maximum absolute atomic E-state index is 13.5. The highest BCUT2D eigenvalue weighted by molar-refractivity contribution is 5.91. The maximum Gasteiger partial charge on any atom is 0.227 e. The topological polar surface area (TPSA) is 26.0 Å². The van der Waals surface area contributed by atoms with E-state index in [0.717, 1.165) is 49.7 Å². The Morgan fingerprint density at radius 2 is 0.846 bits per heavy atom. The van der Waals surface area contributed by atoms with E-state index in [2.05, 4.69) is 65.6 Å². The van der Waals surface area contributed by atoms with E-state index in [1.807, 2.05) is 24.3 Å². The third kappa shape index (κ3) is 4.47. The van der Waals surface area contributed by atoms with Crippen LogP contribution < -0.4 is 0 Å². The fourth-order valence-electron chi connectivity index (χ4n) is 4.93. The first-order valence-corrected chi connectivity index (χ1v) is 12.7. The van der Waals surface area contributed by atoms with Crippen LogP contribution in [0.15, 0.2) is 132 Å². The van der Waals surface area contributed by atoms with Crippen molar-refractivity contribution in [1.82, 2.24) is 4.98 Å². The third-order valence-electron chi connectivity index (χ3n) is 7.05. The SMILES string of the molecule is Fc1ccc(-c2ccc(-c3ccc4cc(-c5ccc(-c6nc7ccc(F)cc7o6)cc5)ccc4c3)cc2)cc1. The summed E-state index contributed by atoms with van der Waals surface area (Å²) in [4.78, 5) is 4.48. The lowest BCUT2D eigenvalue weighted by Gasteiger charge is -2.09. The Hall–Kier alpha value is -5.09. The van der Waals surface area contributed by atoms with Crippen molar-refractivity contribution >= 4 is 21.9 Å². The van der Waals surface area contributed by atoms with Crippen molar-refractivity contribution in [2.24, 2.45) is 0 Å². The highest BCUT2D eigenvalue weighted by Crippen LogP contribution is 2.32. The van der Waals surface area contributed by atoms with Crippen molar-refractivity contribution in [1.29, 1.82) is 0 Å². The van der Waals surface area contributed by atoms with Crippen LogP contribution in [0.3, 0.4) is 0 Å². The second-order valence-corrected chi connectivity index (χ2v) is 9.57. The number of hydrogen-bond acceptors (Lipinski definition) is 2. The molecule has 0 radical (unpaired) electrons. The summed E-state index contributed by atoms with van der Waals surface area (Å²) < 4.78 is 32.5. The van der Waals surface area contributed by atoms with Gasteiger partial charge in [0, 0.05) is 11.6 Å². The summed E-state index contributed by atoms with van der Waals surface area (Å²) in [6, 6.07) is 40.2. The molecule has 7 aromatic rings. The summed E-state index contributed by atoms with van der Waals surface area (Å²) in [5.41, 5.74) is 8.43. The molecule has 186 valence electrons. The lowest BCUT2D eigenvalue weighted by molar-refractivity contribution is 0.602. The summed E-state index contributed by atoms with van der Waals surface area (Å²) in [5.74, 6) is -0.104. The van der Waals surface area contributed by atoms with Gasteiger partial charge in [0.2, 0.25) is 5.89 Å². The smallest absolute Gasteiger partial charge is 0.227 e. The molecule has 4 heteroatoms. The van der Waals surface area contributed by atoms with E-state index in [9.17, 15) is 8.78 Å². The number of rotatable bonds is 4. The van der Waals surface area contributed by atoms with Gasteiger partial charge in [-0.05, 0) is 92.7 Å². The van der Waals surface area contributed by atoms with E-state index in [1.54, 1.807) is 18.2 Å². The molecule has 1 aromatic heterocycles. The lowest BCUT2D eigenvalue weighted by Crippen LogP contribution is -1.84. The molecular weight excluding hydrogens is 488 g/mol. The normalized spacial score (nSPS) is 11.3. The van der Waals surface area contributed by atoms with E-state index >= 15 is 0 Å². The molecule has 1 heterocycles. The van der Waals surface area contributed by atoms with Crippen LogP contribution in [0.2, 0.25) is 0 Å². The molecule has 0 aliphatic rings. The Morgan fingerprint density at radius 3 is 1.41 bits per heavy atom. The highest BCUT2D eigenvalue weighted by atomic mass is 19.1. The molecule has 0 saturated carbocycles. The molecule has 39 heavy (non-hydrogen) atoms. The number of oxazole rings is 1. The van der Waals surface area contributed by atoms with Gasteiger partial charge in [0.25, 0.3) is 0 Å². The fourth-order valence-corrected chi connectivity index (χ4v) is 4.93. The summed E-state index contributed by atoms with van der Waals surface area (Å²) in [6.07, 6.45) is 0. The minimum absolute atomic E-state index is 0.231. The largest absolute Gasteiger partial charge is 0.436 e. The zero-order chi connectivity index (χ0) is 26.3. The Bertz CT molecular complexity index is 1950. The number of benzene rings is 6. The van der Waals surface area contributed by atoms with Crippen LogP contribution in [0.1, 0.15) is 0 Å². The van der Waals surface area contributed by atoms with E-state index in [4.69, 9.17) is 4.42 Å². The first-order chi connectivity index (χ1) is 19.1. The molecule has 2 nitrogen and oxygen atoms in total. The van der Waals surface area contributed by atoms with Gasteiger partial charge in [0.1, 0.15) is 17.2 Å². The molecule has 6 aromatic carbocycles. The predicted molar refractivity (Wildman–Crippen MR) is 153 cm³/mol. The molecule has 7 rings (SSSR count). The van der Waals surface area contributed by atoms with Crippen LogP contribution in [-0.4, -0.2) is 4.98 Å². The van der Waals surface area contributed by atoms with E-state index < -0.39 is 0 Å². The zero-order valence-electron chi connectivity index (χ0n) is 20.7. The maximum atomic E-state index is 13.5. The van der Waals surface area contributed by atoms with Crippen LogP contribution in [0.5, 0.6) is 0 Å². The van der Waals surface area contributed by atoms with Crippen LogP contribution in [0.25, 0.3) is 66.7 Å². The first kappa shape index (κ1) is 23.1. The average Bonchev–Trinajstić information content (AvgIpc) is 3.40. The van der Waals surface area contributed by atoms with Crippen LogP contribution in [0, 0.1) is 11.6 Å². The van der Waals surface area contributed by atoms with Crippen molar-refractivity contribution in [3.8, 4) is 44.8 Å². The lowest BCUT2D eigenvalue weighted by atomic mass is 9.96. The van der Waals surface area contributed by atoms with Gasteiger partial charge in [-0.25, -0.2) is 13.8 Å². The summed E-state index contributed by atoms with van der Waals surface area (Å²) in [6.45, 7) is 0. The Balaban J connectivity index is 1.13. The van der Waals surface area contributed by atoms with Gasteiger partial charge < -0.3 is 4.42 Å².